The molecule has 0 N–H and O–H groups in total. The lowest BCUT2D eigenvalue weighted by atomic mass is 9.92. The second kappa shape index (κ2) is 6.59. The molecule has 1 fully saturated rings. The zero-order valence-electron chi connectivity index (χ0n) is 13.1. The summed E-state index contributed by atoms with van der Waals surface area (Å²) in [6.45, 7) is 10.6. The standard InChI is InChI=1S/C17H26O3/c1-5-7-17(19-9-10-20-17)16-13(3)11-15(12-14(16)4)18-8-6-2/h11-12H,5-10H2,1-4H3. The highest BCUT2D eigenvalue weighted by molar-refractivity contribution is 5.44. The minimum Gasteiger partial charge on any atom is -0.494 e. The van der Waals surface area contributed by atoms with Gasteiger partial charge in [-0.1, -0.05) is 20.3 Å². The molecule has 0 radical (unpaired) electrons. The number of benzene rings is 1. The molecule has 1 aliphatic rings. The quantitative estimate of drug-likeness (QED) is 0.784. The molecule has 2 rings (SSSR count). The minimum absolute atomic E-state index is 0.549. The monoisotopic (exact) mass is 278 g/mol. The molecule has 0 amide bonds. The molecule has 112 valence electrons. The Bertz CT molecular complexity index is 425. The number of rotatable bonds is 6. The summed E-state index contributed by atoms with van der Waals surface area (Å²) in [4.78, 5) is 0. The first-order valence-corrected chi connectivity index (χ1v) is 7.65. The first kappa shape index (κ1) is 15.3. The highest BCUT2D eigenvalue weighted by Crippen LogP contribution is 2.40. The molecule has 1 saturated heterocycles. The zero-order chi connectivity index (χ0) is 14.6. The maximum atomic E-state index is 5.99. The Balaban J connectivity index is 2.35. The Morgan fingerprint density at radius 2 is 1.65 bits per heavy atom. The van der Waals surface area contributed by atoms with Crippen LogP contribution in [0.4, 0.5) is 0 Å². The van der Waals surface area contributed by atoms with E-state index in [1.807, 2.05) is 0 Å². The molecule has 3 heteroatoms. The van der Waals surface area contributed by atoms with Gasteiger partial charge in [0.25, 0.3) is 0 Å². The van der Waals surface area contributed by atoms with Gasteiger partial charge in [0.05, 0.1) is 19.8 Å². The summed E-state index contributed by atoms with van der Waals surface area (Å²) in [7, 11) is 0. The molecule has 3 nitrogen and oxygen atoms in total. The highest BCUT2D eigenvalue weighted by Gasteiger charge is 2.40. The molecule has 0 saturated carbocycles. The third-order valence-corrected chi connectivity index (χ3v) is 3.69. The lowest BCUT2D eigenvalue weighted by Gasteiger charge is -2.31. The molecule has 0 atom stereocenters. The largest absolute Gasteiger partial charge is 0.494 e. The van der Waals surface area contributed by atoms with Gasteiger partial charge < -0.3 is 14.2 Å². The Hall–Kier alpha value is -1.06. The van der Waals surface area contributed by atoms with E-state index in [9.17, 15) is 0 Å². The highest BCUT2D eigenvalue weighted by atomic mass is 16.7. The first-order chi connectivity index (χ1) is 9.63. The van der Waals surface area contributed by atoms with Crippen LogP contribution in [0.3, 0.4) is 0 Å². The molecule has 0 unspecified atom stereocenters. The third-order valence-electron chi connectivity index (χ3n) is 3.69. The van der Waals surface area contributed by atoms with Crippen molar-refractivity contribution >= 4 is 0 Å². The van der Waals surface area contributed by atoms with Gasteiger partial charge in [-0.15, -0.1) is 0 Å². The van der Waals surface area contributed by atoms with E-state index in [4.69, 9.17) is 14.2 Å². The zero-order valence-corrected chi connectivity index (χ0v) is 13.1. The van der Waals surface area contributed by atoms with Gasteiger partial charge in [-0.05, 0) is 43.5 Å². The fraction of sp³-hybridized carbons (Fsp3) is 0.647. The van der Waals surface area contributed by atoms with Gasteiger partial charge in [-0.2, -0.15) is 0 Å². The molecule has 0 bridgehead atoms. The molecule has 1 heterocycles. The van der Waals surface area contributed by atoms with E-state index in [0.29, 0.717) is 13.2 Å². The summed E-state index contributed by atoms with van der Waals surface area (Å²) < 4.78 is 17.7. The average molecular weight is 278 g/mol. The summed E-state index contributed by atoms with van der Waals surface area (Å²) in [6.07, 6.45) is 2.95. The summed E-state index contributed by atoms with van der Waals surface area (Å²) in [5.74, 6) is 0.391. The topological polar surface area (TPSA) is 27.7 Å². The number of aryl methyl sites for hydroxylation is 2. The molecule has 0 spiro atoms. The van der Waals surface area contributed by atoms with Crippen molar-refractivity contribution in [3.8, 4) is 5.75 Å². The van der Waals surface area contributed by atoms with Crippen LogP contribution in [-0.4, -0.2) is 19.8 Å². The van der Waals surface area contributed by atoms with E-state index in [1.165, 1.54) is 16.7 Å². The van der Waals surface area contributed by atoms with Gasteiger partial charge in [0.2, 0.25) is 0 Å². The lowest BCUT2D eigenvalue weighted by Crippen LogP contribution is -2.29. The molecule has 1 aromatic rings. The van der Waals surface area contributed by atoms with Crippen LogP contribution in [0.5, 0.6) is 5.75 Å². The van der Waals surface area contributed by atoms with Crippen molar-refractivity contribution in [2.24, 2.45) is 0 Å². The van der Waals surface area contributed by atoms with E-state index in [0.717, 1.165) is 31.6 Å². The van der Waals surface area contributed by atoms with Crippen molar-refractivity contribution in [1.29, 1.82) is 0 Å². The van der Waals surface area contributed by atoms with Crippen LogP contribution < -0.4 is 4.74 Å². The molecule has 0 aliphatic carbocycles. The van der Waals surface area contributed by atoms with Crippen LogP contribution in [0, 0.1) is 13.8 Å². The van der Waals surface area contributed by atoms with Gasteiger partial charge in [0.1, 0.15) is 5.75 Å². The second-order valence-electron chi connectivity index (χ2n) is 5.48. The maximum absolute atomic E-state index is 5.99. The molecular formula is C17H26O3. The fourth-order valence-electron chi connectivity index (χ4n) is 3.03. The van der Waals surface area contributed by atoms with Crippen molar-refractivity contribution in [2.75, 3.05) is 19.8 Å². The molecule has 0 aromatic heterocycles. The predicted octanol–water partition coefficient (Wildman–Crippen LogP) is 4.09. The summed E-state index contributed by atoms with van der Waals surface area (Å²) >= 11 is 0. The minimum atomic E-state index is -0.549. The van der Waals surface area contributed by atoms with Crippen LogP contribution in [0.1, 0.15) is 49.8 Å². The number of hydrogen-bond donors (Lipinski definition) is 0. The smallest absolute Gasteiger partial charge is 0.195 e. The van der Waals surface area contributed by atoms with Gasteiger partial charge >= 0.3 is 0 Å². The van der Waals surface area contributed by atoms with E-state index in [1.54, 1.807) is 0 Å². The molecular weight excluding hydrogens is 252 g/mol. The lowest BCUT2D eigenvalue weighted by molar-refractivity contribution is -0.171. The Morgan fingerprint density at radius 3 is 2.15 bits per heavy atom. The van der Waals surface area contributed by atoms with Crippen LogP contribution in [0.15, 0.2) is 12.1 Å². The van der Waals surface area contributed by atoms with Crippen LogP contribution >= 0.6 is 0 Å². The van der Waals surface area contributed by atoms with E-state index < -0.39 is 5.79 Å². The molecule has 20 heavy (non-hydrogen) atoms. The van der Waals surface area contributed by atoms with E-state index in [2.05, 4.69) is 39.8 Å². The first-order valence-electron chi connectivity index (χ1n) is 7.65. The van der Waals surface area contributed by atoms with Gasteiger partial charge in [0.15, 0.2) is 5.79 Å². The number of hydrogen-bond acceptors (Lipinski definition) is 3. The third kappa shape index (κ3) is 2.99. The number of ether oxygens (including phenoxy) is 3. The van der Waals surface area contributed by atoms with Crippen molar-refractivity contribution in [2.45, 2.75) is 52.7 Å². The van der Waals surface area contributed by atoms with Gasteiger partial charge in [-0.3, -0.25) is 0 Å². The normalized spacial score (nSPS) is 17.4. The second-order valence-corrected chi connectivity index (χ2v) is 5.48. The average Bonchev–Trinajstić information content (AvgIpc) is 2.85. The van der Waals surface area contributed by atoms with Gasteiger partial charge in [-0.25, -0.2) is 0 Å². The predicted molar refractivity (Wildman–Crippen MR) is 80.2 cm³/mol. The molecule has 1 aromatic carbocycles. The Labute approximate surface area is 122 Å². The fourth-order valence-corrected chi connectivity index (χ4v) is 3.03. The summed E-state index contributed by atoms with van der Waals surface area (Å²) in [5.41, 5.74) is 3.55. The van der Waals surface area contributed by atoms with E-state index in [-0.39, 0.29) is 0 Å². The SMILES string of the molecule is CCCOc1cc(C)c(C2(CCC)OCCO2)c(C)c1. The van der Waals surface area contributed by atoms with Crippen molar-refractivity contribution in [3.63, 3.8) is 0 Å². The maximum Gasteiger partial charge on any atom is 0.195 e. The van der Waals surface area contributed by atoms with Crippen LogP contribution in [-0.2, 0) is 15.3 Å². The van der Waals surface area contributed by atoms with Gasteiger partial charge in [0, 0.05) is 12.0 Å². The Kier molecular flexibility index (Phi) is 5.06. The van der Waals surface area contributed by atoms with Crippen LogP contribution in [0.25, 0.3) is 0 Å². The molecule has 1 aliphatic heterocycles. The van der Waals surface area contributed by atoms with Crippen molar-refractivity contribution in [1.82, 2.24) is 0 Å². The van der Waals surface area contributed by atoms with E-state index >= 15 is 0 Å². The van der Waals surface area contributed by atoms with Crippen LogP contribution in [0.2, 0.25) is 0 Å². The van der Waals surface area contributed by atoms with Crippen molar-refractivity contribution < 1.29 is 14.2 Å². The summed E-state index contributed by atoms with van der Waals surface area (Å²) in [6, 6.07) is 4.20. The summed E-state index contributed by atoms with van der Waals surface area (Å²) in [5, 5.41) is 0. The Morgan fingerprint density at radius 1 is 1.05 bits per heavy atom. The van der Waals surface area contributed by atoms with Crippen molar-refractivity contribution in [3.05, 3.63) is 28.8 Å².